The Morgan fingerprint density at radius 3 is 2.90 bits per heavy atom. The molecule has 1 atom stereocenters. The Labute approximate surface area is 123 Å². The van der Waals surface area contributed by atoms with Crippen LogP contribution in [-0.4, -0.2) is 6.54 Å². The third kappa shape index (κ3) is 1.87. The second-order valence-electron chi connectivity index (χ2n) is 5.46. The molecule has 20 heavy (non-hydrogen) atoms. The fourth-order valence-corrected chi connectivity index (χ4v) is 3.48. The van der Waals surface area contributed by atoms with Crippen LogP contribution in [0.2, 0.25) is 5.02 Å². The van der Waals surface area contributed by atoms with Gasteiger partial charge in [0.15, 0.2) is 5.75 Å². The van der Waals surface area contributed by atoms with Gasteiger partial charge < -0.3 is 9.64 Å². The minimum atomic E-state index is 0.402. The Morgan fingerprint density at radius 1 is 1.05 bits per heavy atom. The Kier molecular flexibility index (Phi) is 2.85. The van der Waals surface area contributed by atoms with Crippen molar-refractivity contribution in [3.05, 3.63) is 53.1 Å². The van der Waals surface area contributed by atoms with Crippen LogP contribution < -0.4 is 9.64 Å². The van der Waals surface area contributed by atoms with Gasteiger partial charge in [-0.05, 0) is 43.5 Å². The molecular weight excluding hydrogens is 270 g/mol. The van der Waals surface area contributed by atoms with Crippen LogP contribution in [0.4, 0.5) is 5.69 Å². The number of fused-ring (bicyclic) bond motifs is 5. The summed E-state index contributed by atoms with van der Waals surface area (Å²) in [6.45, 7) is 1.07. The van der Waals surface area contributed by atoms with Crippen LogP contribution in [0, 0.1) is 0 Å². The topological polar surface area (TPSA) is 12.5 Å². The number of benzene rings is 2. The molecule has 1 unspecified atom stereocenters. The highest BCUT2D eigenvalue weighted by atomic mass is 35.5. The van der Waals surface area contributed by atoms with E-state index < -0.39 is 0 Å². The normalized spacial score (nSPS) is 20.2. The van der Waals surface area contributed by atoms with E-state index in [0.717, 1.165) is 28.8 Å². The van der Waals surface area contributed by atoms with Gasteiger partial charge >= 0.3 is 0 Å². The maximum Gasteiger partial charge on any atom is 0.150 e. The van der Waals surface area contributed by atoms with E-state index >= 15 is 0 Å². The van der Waals surface area contributed by atoms with E-state index in [1.54, 1.807) is 0 Å². The van der Waals surface area contributed by atoms with Gasteiger partial charge in [-0.25, -0.2) is 0 Å². The predicted octanol–water partition coefficient (Wildman–Crippen LogP) is 5.18. The van der Waals surface area contributed by atoms with E-state index in [-0.39, 0.29) is 0 Å². The largest absolute Gasteiger partial charge is 0.455 e. The van der Waals surface area contributed by atoms with Gasteiger partial charge in [0.2, 0.25) is 0 Å². The molecular formula is C17H16ClNO. The molecule has 2 heterocycles. The average Bonchev–Trinajstić information content (AvgIpc) is 2.62. The molecule has 102 valence electrons. The summed E-state index contributed by atoms with van der Waals surface area (Å²) in [5.74, 6) is 1.89. The summed E-state index contributed by atoms with van der Waals surface area (Å²) in [7, 11) is 0. The fraction of sp³-hybridized carbons (Fsp3) is 0.294. The zero-order valence-electron chi connectivity index (χ0n) is 11.2. The van der Waals surface area contributed by atoms with Crippen LogP contribution in [0.15, 0.2) is 42.5 Å². The average molecular weight is 286 g/mol. The van der Waals surface area contributed by atoms with Crippen LogP contribution in [-0.2, 0) is 0 Å². The Balaban J connectivity index is 1.92. The van der Waals surface area contributed by atoms with Gasteiger partial charge in [0.25, 0.3) is 0 Å². The minimum Gasteiger partial charge on any atom is -0.455 e. The number of piperidine rings is 1. The van der Waals surface area contributed by atoms with Crippen molar-refractivity contribution in [2.45, 2.75) is 25.3 Å². The molecule has 2 aliphatic rings. The number of nitrogens with zero attached hydrogens (tertiary/aromatic N) is 1. The smallest absolute Gasteiger partial charge is 0.150 e. The van der Waals surface area contributed by atoms with Crippen molar-refractivity contribution in [2.75, 3.05) is 11.4 Å². The molecule has 1 saturated heterocycles. The van der Waals surface area contributed by atoms with Crippen molar-refractivity contribution in [1.82, 2.24) is 0 Å². The molecule has 0 radical (unpaired) electrons. The van der Waals surface area contributed by atoms with Gasteiger partial charge in [0.05, 0.1) is 11.7 Å². The molecule has 2 aliphatic heterocycles. The Hall–Kier alpha value is -1.67. The number of hydrogen-bond acceptors (Lipinski definition) is 2. The van der Waals surface area contributed by atoms with Gasteiger partial charge in [-0.2, -0.15) is 0 Å². The summed E-state index contributed by atoms with van der Waals surface area (Å²) in [4.78, 5) is 2.45. The minimum absolute atomic E-state index is 0.402. The molecule has 4 rings (SSSR count). The monoisotopic (exact) mass is 285 g/mol. The van der Waals surface area contributed by atoms with Gasteiger partial charge in [0, 0.05) is 17.1 Å². The lowest BCUT2D eigenvalue weighted by Gasteiger charge is -2.36. The maximum absolute atomic E-state index is 6.19. The summed E-state index contributed by atoms with van der Waals surface area (Å²) in [5.41, 5.74) is 2.41. The highest BCUT2D eigenvalue weighted by Crippen LogP contribution is 2.47. The molecule has 0 amide bonds. The zero-order chi connectivity index (χ0) is 13.5. The van der Waals surface area contributed by atoms with E-state index in [9.17, 15) is 0 Å². The molecule has 0 saturated carbocycles. The molecule has 0 aliphatic carbocycles. The van der Waals surface area contributed by atoms with Gasteiger partial charge in [-0.15, -0.1) is 0 Å². The van der Waals surface area contributed by atoms with Crippen molar-refractivity contribution in [3.63, 3.8) is 0 Å². The first-order valence-electron chi connectivity index (χ1n) is 7.16. The quantitative estimate of drug-likeness (QED) is 0.661. The molecule has 2 nitrogen and oxygen atoms in total. The lowest BCUT2D eigenvalue weighted by atomic mass is 9.94. The molecule has 1 fully saturated rings. The number of anilines is 1. The van der Waals surface area contributed by atoms with Crippen molar-refractivity contribution >= 4 is 17.3 Å². The van der Waals surface area contributed by atoms with Crippen LogP contribution in [0.1, 0.15) is 30.9 Å². The molecule has 0 N–H and O–H groups in total. The molecule has 2 aromatic carbocycles. The number of rotatable bonds is 0. The van der Waals surface area contributed by atoms with Crippen LogP contribution in [0.25, 0.3) is 0 Å². The van der Waals surface area contributed by atoms with Crippen LogP contribution >= 0.6 is 11.6 Å². The number of ether oxygens (including phenoxy) is 1. The first kappa shape index (κ1) is 12.1. The maximum atomic E-state index is 6.19. The van der Waals surface area contributed by atoms with Crippen molar-refractivity contribution in [1.29, 1.82) is 0 Å². The summed E-state index contributed by atoms with van der Waals surface area (Å²) >= 11 is 6.19. The number of para-hydroxylation sites is 1. The van der Waals surface area contributed by atoms with Gasteiger partial charge in [-0.3, -0.25) is 0 Å². The van der Waals surface area contributed by atoms with Gasteiger partial charge in [-0.1, -0.05) is 29.8 Å². The highest BCUT2D eigenvalue weighted by Gasteiger charge is 2.31. The third-order valence-electron chi connectivity index (χ3n) is 4.23. The van der Waals surface area contributed by atoms with E-state index in [1.807, 2.05) is 24.3 Å². The fourth-order valence-electron chi connectivity index (χ4n) is 3.31. The first-order chi connectivity index (χ1) is 9.83. The first-order valence-corrected chi connectivity index (χ1v) is 7.54. The van der Waals surface area contributed by atoms with Crippen LogP contribution in [0.3, 0.4) is 0 Å². The zero-order valence-corrected chi connectivity index (χ0v) is 11.9. The lowest BCUT2D eigenvalue weighted by Crippen LogP contribution is -2.32. The lowest BCUT2D eigenvalue weighted by molar-refractivity contribution is 0.465. The van der Waals surface area contributed by atoms with E-state index in [2.05, 4.69) is 23.1 Å². The molecule has 3 heteroatoms. The summed E-state index contributed by atoms with van der Waals surface area (Å²) in [5, 5.41) is 0.766. The number of hydrogen-bond donors (Lipinski definition) is 0. The summed E-state index contributed by atoms with van der Waals surface area (Å²) in [6, 6.07) is 14.7. The van der Waals surface area contributed by atoms with Crippen LogP contribution in [0.5, 0.6) is 11.5 Å². The summed E-state index contributed by atoms with van der Waals surface area (Å²) < 4.78 is 6.15. The summed E-state index contributed by atoms with van der Waals surface area (Å²) in [6.07, 6.45) is 3.67. The second-order valence-corrected chi connectivity index (χ2v) is 5.89. The van der Waals surface area contributed by atoms with E-state index in [0.29, 0.717) is 6.04 Å². The Bertz CT molecular complexity index is 655. The SMILES string of the molecule is Clc1ccc2c(c1)N1CCCCC1c1ccccc1O2. The second kappa shape index (κ2) is 4.71. The third-order valence-corrected chi connectivity index (χ3v) is 4.47. The van der Waals surface area contributed by atoms with Crippen molar-refractivity contribution < 1.29 is 4.74 Å². The standard InChI is InChI=1S/C17H16ClNO/c18-12-8-9-17-15(11-12)19-10-4-3-6-14(19)13-5-1-2-7-16(13)20-17/h1-2,5,7-9,11,14H,3-4,6,10H2. The molecule has 2 aromatic rings. The molecule has 0 aromatic heterocycles. The van der Waals surface area contributed by atoms with Crippen molar-refractivity contribution in [2.24, 2.45) is 0 Å². The van der Waals surface area contributed by atoms with E-state index in [4.69, 9.17) is 16.3 Å². The van der Waals surface area contributed by atoms with Crippen molar-refractivity contribution in [3.8, 4) is 11.5 Å². The number of halogens is 1. The Morgan fingerprint density at radius 2 is 1.95 bits per heavy atom. The highest BCUT2D eigenvalue weighted by molar-refractivity contribution is 6.31. The van der Waals surface area contributed by atoms with E-state index in [1.165, 1.54) is 24.8 Å². The molecule has 0 spiro atoms. The predicted molar refractivity (Wildman–Crippen MR) is 81.9 cm³/mol. The van der Waals surface area contributed by atoms with Gasteiger partial charge in [0.1, 0.15) is 5.75 Å². The molecule has 0 bridgehead atoms.